The van der Waals surface area contributed by atoms with E-state index in [-0.39, 0.29) is 24.3 Å². The number of ether oxygens (including phenoxy) is 2. The molecule has 4 fully saturated rings. The number of ketones is 1. The van der Waals surface area contributed by atoms with Crippen molar-refractivity contribution in [2.45, 2.75) is 65.8 Å². The fourth-order valence-corrected chi connectivity index (χ4v) is 6.39. The summed E-state index contributed by atoms with van der Waals surface area (Å²) in [5.41, 5.74) is 1.67. The minimum atomic E-state index is -0.444. The summed E-state index contributed by atoms with van der Waals surface area (Å²) in [6, 6.07) is 1.72. The third-order valence-electron chi connectivity index (χ3n) is 7.35. The maximum absolute atomic E-state index is 13.0. The first-order valence-electron chi connectivity index (χ1n) is 10.8. The molecule has 4 aliphatic carbocycles. The SMILES string of the molecule is CCOC(=O)c1cc(C)n(CC(=O)OCC(=O)C23CC4CC(CC(C4)C2)C3)c1C. The number of carbonyl (C=O) groups is 3. The van der Waals surface area contributed by atoms with Gasteiger partial charge in [0, 0.05) is 16.8 Å². The first-order valence-corrected chi connectivity index (χ1v) is 10.8. The summed E-state index contributed by atoms with van der Waals surface area (Å²) in [6.07, 6.45) is 6.78. The molecule has 1 aromatic heterocycles. The molecule has 6 heteroatoms. The van der Waals surface area contributed by atoms with Crippen LogP contribution in [0.15, 0.2) is 6.07 Å². The van der Waals surface area contributed by atoms with E-state index in [0.717, 1.165) is 25.0 Å². The lowest BCUT2D eigenvalue weighted by molar-refractivity contribution is -0.158. The van der Waals surface area contributed by atoms with Gasteiger partial charge in [-0.1, -0.05) is 0 Å². The third-order valence-corrected chi connectivity index (χ3v) is 7.35. The zero-order chi connectivity index (χ0) is 20.8. The van der Waals surface area contributed by atoms with Crippen molar-refractivity contribution in [3.63, 3.8) is 0 Å². The fourth-order valence-electron chi connectivity index (χ4n) is 6.39. The predicted octanol–water partition coefficient (Wildman–Crippen LogP) is 3.61. The first kappa shape index (κ1) is 20.2. The van der Waals surface area contributed by atoms with Gasteiger partial charge >= 0.3 is 11.9 Å². The van der Waals surface area contributed by atoms with Crippen LogP contribution >= 0.6 is 0 Å². The van der Waals surface area contributed by atoms with E-state index in [0.29, 0.717) is 35.6 Å². The van der Waals surface area contributed by atoms with Crippen LogP contribution in [0.1, 0.15) is 67.2 Å². The molecule has 158 valence electrons. The van der Waals surface area contributed by atoms with E-state index in [1.165, 1.54) is 19.3 Å². The van der Waals surface area contributed by atoms with E-state index < -0.39 is 11.9 Å². The molecule has 0 aromatic carbocycles. The molecule has 0 aliphatic heterocycles. The molecule has 0 spiro atoms. The highest BCUT2D eigenvalue weighted by atomic mass is 16.5. The van der Waals surface area contributed by atoms with Gasteiger partial charge in [0.2, 0.25) is 0 Å². The topological polar surface area (TPSA) is 74.6 Å². The molecule has 0 radical (unpaired) electrons. The highest BCUT2D eigenvalue weighted by Crippen LogP contribution is 2.60. The molecule has 4 bridgehead atoms. The average molecular weight is 402 g/mol. The summed E-state index contributed by atoms with van der Waals surface area (Å²) >= 11 is 0. The molecule has 1 aromatic rings. The summed E-state index contributed by atoms with van der Waals surface area (Å²) in [5.74, 6) is 1.34. The Morgan fingerprint density at radius 3 is 2.17 bits per heavy atom. The lowest BCUT2D eigenvalue weighted by atomic mass is 9.48. The second-order valence-electron chi connectivity index (χ2n) is 9.37. The maximum atomic E-state index is 13.0. The van der Waals surface area contributed by atoms with Crippen molar-refractivity contribution in [3.05, 3.63) is 23.0 Å². The van der Waals surface area contributed by atoms with E-state index in [4.69, 9.17) is 9.47 Å². The minimum Gasteiger partial charge on any atom is -0.462 e. The highest BCUT2D eigenvalue weighted by Gasteiger charge is 2.54. The Labute approximate surface area is 171 Å². The Bertz CT molecular complexity index is 801. The van der Waals surface area contributed by atoms with Gasteiger partial charge in [0.25, 0.3) is 0 Å². The predicted molar refractivity (Wildman–Crippen MR) is 106 cm³/mol. The number of esters is 2. The van der Waals surface area contributed by atoms with Crippen molar-refractivity contribution in [2.24, 2.45) is 23.2 Å². The van der Waals surface area contributed by atoms with Gasteiger partial charge in [0.05, 0.1) is 12.2 Å². The van der Waals surface area contributed by atoms with E-state index in [1.807, 2.05) is 6.92 Å². The van der Waals surface area contributed by atoms with Gasteiger partial charge in [-0.15, -0.1) is 0 Å². The highest BCUT2D eigenvalue weighted by molar-refractivity contribution is 5.91. The normalized spacial score (nSPS) is 29.7. The summed E-state index contributed by atoms with van der Waals surface area (Å²) in [4.78, 5) is 37.5. The maximum Gasteiger partial charge on any atom is 0.339 e. The summed E-state index contributed by atoms with van der Waals surface area (Å²) in [5, 5.41) is 0. The van der Waals surface area contributed by atoms with Crippen molar-refractivity contribution >= 4 is 17.7 Å². The smallest absolute Gasteiger partial charge is 0.339 e. The zero-order valence-corrected chi connectivity index (χ0v) is 17.7. The Morgan fingerprint density at radius 1 is 1.03 bits per heavy atom. The molecule has 0 amide bonds. The molecule has 4 aliphatic rings. The molecular formula is C23H31NO5. The van der Waals surface area contributed by atoms with Crippen LogP contribution in [0.2, 0.25) is 0 Å². The number of hydrogen-bond acceptors (Lipinski definition) is 5. The molecule has 4 saturated carbocycles. The van der Waals surface area contributed by atoms with Crippen molar-refractivity contribution in [1.29, 1.82) is 0 Å². The molecule has 1 heterocycles. The van der Waals surface area contributed by atoms with Crippen LogP contribution in [0.3, 0.4) is 0 Å². The Balaban J connectivity index is 1.36. The van der Waals surface area contributed by atoms with Crippen LogP contribution in [0.5, 0.6) is 0 Å². The Kier molecular flexibility index (Phi) is 5.30. The number of aryl methyl sites for hydroxylation is 1. The van der Waals surface area contributed by atoms with Crippen LogP contribution < -0.4 is 0 Å². The molecule has 0 atom stereocenters. The van der Waals surface area contributed by atoms with Gasteiger partial charge in [0.1, 0.15) is 6.54 Å². The number of rotatable bonds is 7. The lowest BCUT2D eigenvalue weighted by Crippen LogP contribution is -2.51. The van der Waals surface area contributed by atoms with Crippen molar-refractivity contribution in [1.82, 2.24) is 4.57 Å². The van der Waals surface area contributed by atoms with Crippen LogP contribution in [0.25, 0.3) is 0 Å². The number of aromatic nitrogens is 1. The van der Waals surface area contributed by atoms with E-state index in [9.17, 15) is 14.4 Å². The van der Waals surface area contributed by atoms with Crippen LogP contribution in [0, 0.1) is 37.0 Å². The van der Waals surface area contributed by atoms with Gasteiger partial charge in [0.15, 0.2) is 12.4 Å². The van der Waals surface area contributed by atoms with Crippen molar-refractivity contribution in [3.8, 4) is 0 Å². The van der Waals surface area contributed by atoms with E-state index in [2.05, 4.69) is 0 Å². The fraction of sp³-hybridized carbons (Fsp3) is 0.696. The molecule has 0 saturated heterocycles. The van der Waals surface area contributed by atoms with Crippen LogP contribution in [0.4, 0.5) is 0 Å². The van der Waals surface area contributed by atoms with Crippen molar-refractivity contribution in [2.75, 3.05) is 13.2 Å². The largest absolute Gasteiger partial charge is 0.462 e. The number of carbonyl (C=O) groups excluding carboxylic acids is 3. The third kappa shape index (κ3) is 3.74. The van der Waals surface area contributed by atoms with Gasteiger partial charge in [-0.2, -0.15) is 0 Å². The minimum absolute atomic E-state index is 0.00870. The molecule has 5 rings (SSSR count). The standard InChI is InChI=1S/C23H31NO5/c1-4-28-22(27)19-5-14(2)24(15(19)3)12-21(26)29-13-20(25)23-9-16-6-17(10-23)8-18(7-16)11-23/h5,16-18H,4,6-13H2,1-3H3. The molecule has 6 nitrogen and oxygen atoms in total. The molecule has 0 N–H and O–H groups in total. The van der Waals surface area contributed by atoms with Gasteiger partial charge < -0.3 is 14.0 Å². The first-order chi connectivity index (χ1) is 13.8. The Morgan fingerprint density at radius 2 is 1.62 bits per heavy atom. The Hall–Kier alpha value is -2.11. The second-order valence-corrected chi connectivity index (χ2v) is 9.37. The van der Waals surface area contributed by atoms with Crippen molar-refractivity contribution < 1.29 is 23.9 Å². The molecule has 0 unspecified atom stereocenters. The zero-order valence-electron chi connectivity index (χ0n) is 17.7. The lowest BCUT2D eigenvalue weighted by Gasteiger charge is -2.55. The second kappa shape index (κ2) is 7.62. The van der Waals surface area contributed by atoms with E-state index >= 15 is 0 Å². The van der Waals surface area contributed by atoms with E-state index in [1.54, 1.807) is 24.5 Å². The monoisotopic (exact) mass is 401 g/mol. The quantitative estimate of drug-likeness (QED) is 0.653. The average Bonchev–Trinajstić information content (AvgIpc) is 2.93. The van der Waals surface area contributed by atoms with Gasteiger partial charge in [-0.25, -0.2) is 4.79 Å². The van der Waals surface area contributed by atoms with Crippen LogP contribution in [-0.2, 0) is 25.6 Å². The molecule has 29 heavy (non-hydrogen) atoms. The number of nitrogens with zero attached hydrogens (tertiary/aromatic N) is 1. The summed E-state index contributed by atoms with van der Waals surface area (Å²) < 4.78 is 12.2. The van der Waals surface area contributed by atoms with Crippen LogP contribution in [-0.4, -0.2) is 35.5 Å². The summed E-state index contributed by atoms with van der Waals surface area (Å²) in [7, 11) is 0. The molecular weight excluding hydrogens is 370 g/mol. The number of hydrogen-bond donors (Lipinski definition) is 0. The van der Waals surface area contributed by atoms with Gasteiger partial charge in [-0.3, -0.25) is 9.59 Å². The number of Topliss-reactive ketones (excluding diaryl/α,β-unsaturated/α-hetero) is 1. The van der Waals surface area contributed by atoms with Gasteiger partial charge in [-0.05, 0) is 83.1 Å². The summed E-state index contributed by atoms with van der Waals surface area (Å²) in [6.45, 7) is 5.54.